The van der Waals surface area contributed by atoms with Crippen molar-refractivity contribution in [2.75, 3.05) is 13.1 Å². The number of amides is 1. The highest BCUT2D eigenvalue weighted by Crippen LogP contribution is 2.29. The normalized spacial score (nSPS) is 12.9. The zero-order valence-corrected chi connectivity index (χ0v) is 14.3. The second-order valence-corrected chi connectivity index (χ2v) is 6.14. The molecular formula is C18H19F2N3O3. The number of carboxylic acid groups (broad SMARTS) is 1. The molecule has 1 aliphatic carbocycles. The molecule has 138 valence electrons. The number of nitrogens with zero attached hydrogens (tertiary/aromatic N) is 3. The van der Waals surface area contributed by atoms with E-state index in [1.165, 1.54) is 21.7 Å². The maximum absolute atomic E-state index is 14.2. The lowest BCUT2D eigenvalue weighted by atomic mass is 10.1. The number of aliphatic carboxylic acids is 1. The van der Waals surface area contributed by atoms with Crippen molar-refractivity contribution in [1.29, 1.82) is 0 Å². The summed E-state index contributed by atoms with van der Waals surface area (Å²) in [6.07, 6.45) is 1.88. The highest BCUT2D eigenvalue weighted by molar-refractivity contribution is 5.94. The monoisotopic (exact) mass is 363 g/mol. The van der Waals surface area contributed by atoms with Crippen molar-refractivity contribution in [1.82, 2.24) is 14.7 Å². The summed E-state index contributed by atoms with van der Waals surface area (Å²) in [5, 5.41) is 13.1. The van der Waals surface area contributed by atoms with Gasteiger partial charge in [0.2, 0.25) is 0 Å². The quantitative estimate of drug-likeness (QED) is 0.856. The molecular weight excluding hydrogens is 344 g/mol. The van der Waals surface area contributed by atoms with Gasteiger partial charge >= 0.3 is 5.97 Å². The van der Waals surface area contributed by atoms with Crippen LogP contribution in [-0.4, -0.2) is 44.8 Å². The van der Waals surface area contributed by atoms with Crippen LogP contribution in [0.1, 0.15) is 41.5 Å². The Kier molecular flexibility index (Phi) is 5.01. The minimum Gasteiger partial charge on any atom is -0.481 e. The van der Waals surface area contributed by atoms with E-state index in [1.807, 2.05) is 0 Å². The first-order valence-corrected chi connectivity index (χ1v) is 8.50. The molecule has 8 heteroatoms. The van der Waals surface area contributed by atoms with Crippen LogP contribution in [0.25, 0.3) is 5.69 Å². The molecule has 1 N–H and O–H groups in total. The van der Waals surface area contributed by atoms with Crippen molar-refractivity contribution in [3.8, 4) is 5.69 Å². The zero-order valence-electron chi connectivity index (χ0n) is 14.3. The number of carbonyl (C=O) groups excluding carboxylic acids is 1. The molecule has 0 atom stereocenters. The summed E-state index contributed by atoms with van der Waals surface area (Å²) >= 11 is 0. The topological polar surface area (TPSA) is 75.4 Å². The molecule has 0 unspecified atom stereocenters. The van der Waals surface area contributed by atoms with E-state index in [2.05, 4.69) is 5.10 Å². The number of hydrogen-bond acceptors (Lipinski definition) is 3. The molecule has 0 spiro atoms. The average molecular weight is 363 g/mol. The van der Waals surface area contributed by atoms with Gasteiger partial charge in [-0.2, -0.15) is 5.10 Å². The predicted octanol–water partition coefficient (Wildman–Crippen LogP) is 2.58. The molecule has 26 heavy (non-hydrogen) atoms. The Morgan fingerprint density at radius 1 is 1.31 bits per heavy atom. The highest BCUT2D eigenvalue weighted by Gasteiger charge is 2.30. The molecule has 2 aromatic rings. The van der Waals surface area contributed by atoms with Crippen molar-refractivity contribution in [3.63, 3.8) is 0 Å². The summed E-state index contributed by atoms with van der Waals surface area (Å²) in [6, 6.07) is 3.84. The van der Waals surface area contributed by atoms with Crippen LogP contribution in [0, 0.1) is 11.6 Å². The van der Waals surface area contributed by atoms with Gasteiger partial charge in [-0.3, -0.25) is 9.59 Å². The van der Waals surface area contributed by atoms with Crippen LogP contribution < -0.4 is 0 Å². The van der Waals surface area contributed by atoms with Gasteiger partial charge in [-0.1, -0.05) is 6.07 Å². The second kappa shape index (κ2) is 7.23. The molecule has 0 radical (unpaired) electrons. The Morgan fingerprint density at radius 3 is 2.77 bits per heavy atom. The largest absolute Gasteiger partial charge is 0.481 e. The summed E-state index contributed by atoms with van der Waals surface area (Å²) in [5.41, 5.74) is 1.59. The first-order chi connectivity index (χ1) is 12.4. The Morgan fingerprint density at radius 2 is 2.08 bits per heavy atom. The van der Waals surface area contributed by atoms with Gasteiger partial charge in [0, 0.05) is 24.3 Å². The lowest BCUT2D eigenvalue weighted by Gasteiger charge is -2.19. The molecule has 1 aliphatic rings. The number of hydrogen-bond donors (Lipinski definition) is 1. The lowest BCUT2D eigenvalue weighted by molar-refractivity contribution is -0.137. The Labute approximate surface area is 149 Å². The average Bonchev–Trinajstić information content (AvgIpc) is 3.20. The Balaban J connectivity index is 2.01. The number of rotatable bonds is 6. The Hall–Kier alpha value is -2.77. The van der Waals surface area contributed by atoms with Crippen LogP contribution in [0.4, 0.5) is 8.78 Å². The summed E-state index contributed by atoms with van der Waals surface area (Å²) in [7, 11) is 0. The molecule has 0 fully saturated rings. The fraction of sp³-hybridized carbons (Fsp3) is 0.389. The van der Waals surface area contributed by atoms with Gasteiger partial charge < -0.3 is 10.0 Å². The second-order valence-electron chi connectivity index (χ2n) is 6.14. The molecule has 6 nitrogen and oxygen atoms in total. The van der Waals surface area contributed by atoms with Crippen LogP contribution in [0.2, 0.25) is 0 Å². The van der Waals surface area contributed by atoms with E-state index >= 15 is 0 Å². The van der Waals surface area contributed by atoms with Gasteiger partial charge in [0.1, 0.15) is 5.69 Å². The summed E-state index contributed by atoms with van der Waals surface area (Å²) in [4.78, 5) is 25.0. The first kappa shape index (κ1) is 18.0. The van der Waals surface area contributed by atoms with Crippen molar-refractivity contribution in [3.05, 3.63) is 46.8 Å². The lowest BCUT2D eigenvalue weighted by Crippen LogP contribution is -2.33. The van der Waals surface area contributed by atoms with E-state index in [9.17, 15) is 18.4 Å². The smallest absolute Gasteiger partial charge is 0.305 e. The Bertz CT molecular complexity index is 864. The van der Waals surface area contributed by atoms with E-state index in [0.717, 1.165) is 18.1 Å². The molecule has 1 amide bonds. The van der Waals surface area contributed by atoms with Crippen molar-refractivity contribution in [2.24, 2.45) is 0 Å². The van der Waals surface area contributed by atoms with Gasteiger partial charge in [-0.05, 0) is 38.3 Å². The van der Waals surface area contributed by atoms with E-state index in [0.29, 0.717) is 25.1 Å². The van der Waals surface area contributed by atoms with E-state index < -0.39 is 17.6 Å². The number of aromatic nitrogens is 2. The molecule has 0 saturated heterocycles. The molecule has 1 aromatic heterocycles. The molecule has 0 saturated carbocycles. The third kappa shape index (κ3) is 3.18. The molecule has 0 aliphatic heterocycles. The third-order valence-corrected chi connectivity index (χ3v) is 4.56. The predicted molar refractivity (Wildman–Crippen MR) is 89.3 cm³/mol. The maximum atomic E-state index is 14.2. The minimum atomic E-state index is -1.01. The minimum absolute atomic E-state index is 0.0317. The summed E-state index contributed by atoms with van der Waals surface area (Å²) in [5.74, 6) is -3.37. The SMILES string of the molecule is CCN(CCC(=O)O)C(=O)c1nn(-c2cccc(F)c2F)c2c1CCC2. The number of carboxylic acids is 1. The van der Waals surface area contributed by atoms with Gasteiger partial charge in [0.25, 0.3) is 5.91 Å². The number of carbonyl (C=O) groups is 2. The standard InChI is InChI=1S/C18H19F2N3O3/c1-2-22(10-9-15(24)25)18(26)17-11-5-3-7-13(11)23(21-17)14-8-4-6-12(19)16(14)20/h4,6,8H,2-3,5,7,9-10H2,1H3,(H,24,25). The van der Waals surface area contributed by atoms with Crippen LogP contribution >= 0.6 is 0 Å². The molecule has 1 aromatic carbocycles. The van der Waals surface area contributed by atoms with E-state index in [-0.39, 0.29) is 30.3 Å². The summed E-state index contributed by atoms with van der Waals surface area (Å²) in [6.45, 7) is 2.16. The van der Waals surface area contributed by atoms with Gasteiger partial charge in [0.15, 0.2) is 17.3 Å². The fourth-order valence-electron chi connectivity index (χ4n) is 3.25. The van der Waals surface area contributed by atoms with Crippen molar-refractivity contribution in [2.45, 2.75) is 32.6 Å². The van der Waals surface area contributed by atoms with Crippen LogP contribution in [0.15, 0.2) is 18.2 Å². The van der Waals surface area contributed by atoms with Crippen LogP contribution in [0.5, 0.6) is 0 Å². The van der Waals surface area contributed by atoms with Crippen LogP contribution in [0.3, 0.4) is 0 Å². The third-order valence-electron chi connectivity index (χ3n) is 4.56. The number of fused-ring (bicyclic) bond motifs is 1. The van der Waals surface area contributed by atoms with Crippen molar-refractivity contribution < 1.29 is 23.5 Å². The summed E-state index contributed by atoms with van der Waals surface area (Å²) < 4.78 is 29.1. The van der Waals surface area contributed by atoms with Gasteiger partial charge in [0.05, 0.1) is 6.42 Å². The van der Waals surface area contributed by atoms with Gasteiger partial charge in [-0.25, -0.2) is 13.5 Å². The molecule has 3 rings (SSSR count). The van der Waals surface area contributed by atoms with Gasteiger partial charge in [-0.15, -0.1) is 0 Å². The van der Waals surface area contributed by atoms with Crippen molar-refractivity contribution >= 4 is 11.9 Å². The van der Waals surface area contributed by atoms with Crippen LogP contribution in [-0.2, 0) is 17.6 Å². The highest BCUT2D eigenvalue weighted by atomic mass is 19.2. The fourth-order valence-corrected chi connectivity index (χ4v) is 3.25. The molecule has 1 heterocycles. The van der Waals surface area contributed by atoms with E-state index in [1.54, 1.807) is 6.92 Å². The van der Waals surface area contributed by atoms with E-state index in [4.69, 9.17) is 5.11 Å². The molecule has 0 bridgehead atoms. The number of benzene rings is 1. The maximum Gasteiger partial charge on any atom is 0.305 e. The first-order valence-electron chi connectivity index (χ1n) is 8.50. The zero-order chi connectivity index (χ0) is 18.8. The number of halogens is 2.